The van der Waals surface area contributed by atoms with Crippen LogP contribution in [0.1, 0.15) is 98.5 Å². The molecule has 4 aliphatic rings. The van der Waals surface area contributed by atoms with Crippen LogP contribution in [0.15, 0.2) is 140 Å². The number of rotatable bonds is 21. The summed E-state index contributed by atoms with van der Waals surface area (Å²) < 4.78 is 14.1. The lowest BCUT2D eigenvalue weighted by Gasteiger charge is -2.30. The largest absolute Gasteiger partial charge is 0.453 e. The van der Waals surface area contributed by atoms with Gasteiger partial charge in [-0.25, -0.2) is 24.4 Å². The molecule has 0 radical (unpaired) electrons. The highest BCUT2D eigenvalue weighted by Crippen LogP contribution is 2.32. The zero-order chi connectivity index (χ0) is 75.9. The van der Waals surface area contributed by atoms with Crippen LogP contribution in [0.3, 0.4) is 0 Å². The number of carbonyl (C=O) groups is 11. The van der Waals surface area contributed by atoms with Crippen LogP contribution in [0.5, 0.6) is 0 Å². The van der Waals surface area contributed by atoms with E-state index in [-0.39, 0.29) is 71.4 Å². The minimum atomic E-state index is -0.822. The summed E-state index contributed by atoms with van der Waals surface area (Å²) in [5.41, 5.74) is 5.69. The third kappa shape index (κ3) is 18.9. The first-order chi connectivity index (χ1) is 50.9. The molecule has 11 rings (SSSR count). The number of nitrogens with one attached hydrogen (secondary N) is 7. The molecule has 11 amide bonds. The number of carbonyl (C=O) groups excluding carboxylic acids is 11. The number of methoxy groups -OCH3 is 3. The Hall–Kier alpha value is -11.5. The van der Waals surface area contributed by atoms with Crippen molar-refractivity contribution in [1.82, 2.24) is 45.5 Å². The van der Waals surface area contributed by atoms with E-state index in [2.05, 4.69) is 61.4 Å². The molecule has 6 heterocycles. The van der Waals surface area contributed by atoms with Gasteiger partial charge in [-0.05, 0) is 168 Å². The van der Waals surface area contributed by atoms with Gasteiger partial charge >= 0.3 is 18.3 Å². The molecule has 27 nitrogen and oxygen atoms in total. The van der Waals surface area contributed by atoms with Gasteiger partial charge < -0.3 is 71.0 Å². The number of hydrogen-bond donors (Lipinski definition) is 7. The van der Waals surface area contributed by atoms with Crippen molar-refractivity contribution >= 4 is 110 Å². The number of pyridine rings is 2. The molecule has 4 fully saturated rings. The Morgan fingerprint density at radius 2 is 0.708 bits per heavy atom. The van der Waals surface area contributed by atoms with E-state index in [0.29, 0.717) is 94.1 Å². The number of fused-ring (bicyclic) bond motifs is 2. The molecule has 0 bridgehead atoms. The van der Waals surface area contributed by atoms with E-state index in [1.165, 1.54) is 36.0 Å². The van der Waals surface area contributed by atoms with Crippen LogP contribution in [0.25, 0.3) is 43.8 Å². The molecule has 5 aromatic carbocycles. The standard InChI is InChI=1S/C40H44N6O6.C39H49N7O8/c1-25(2)36(44-40(51)52-3)39(50)46-20-8-12-33(46)38(49)43-34-18-16-30(24-41-34)28-13-14-29-23-31(17-15-27(29)22-28)42-37(48)32-11-7-19-45(32)35(47)21-26-9-5-4-6-10-26;1-22(2)32(43-38(51)53-5)36(49)45-17-7-9-29(45)34(47)41-28-15-13-24-19-25(11-12-26(24)20-28)27-14-16-31(40-21-27)42-35(48)30-10-8-18-46(30)37(50)33(23(3)4)44-39(52)54-6/h4-6,9-10,13-18,22-25,32-33,36H,7-8,11-12,19-21H2,1-3H3,(H,42,48)(H,44,51)(H,41,43,49);11-16,19-23,29-30,32-33H,7-10,17-18H2,1-6H3,(H,41,47)(H,43,51)(H,44,52)(H,40,42,48)/t32-,33-,36-;29-,30-,32-,33-/m00/s1. The summed E-state index contributed by atoms with van der Waals surface area (Å²) >= 11 is 0. The summed E-state index contributed by atoms with van der Waals surface area (Å²) in [6.45, 7) is 12.7. The minimum Gasteiger partial charge on any atom is -0.453 e. The summed E-state index contributed by atoms with van der Waals surface area (Å²) in [4.78, 5) is 157. The molecular formula is C79H93N13O14. The van der Waals surface area contributed by atoms with Gasteiger partial charge in [0.2, 0.25) is 47.3 Å². The maximum absolute atomic E-state index is 13.4. The Bertz CT molecular complexity index is 4380. The molecule has 0 spiro atoms. The molecule has 0 unspecified atom stereocenters. The van der Waals surface area contributed by atoms with Crippen molar-refractivity contribution in [3.05, 3.63) is 145 Å². The van der Waals surface area contributed by atoms with E-state index in [1.807, 2.05) is 157 Å². The van der Waals surface area contributed by atoms with Crippen molar-refractivity contribution in [3.63, 3.8) is 0 Å². The number of aromatic nitrogens is 2. The van der Waals surface area contributed by atoms with Gasteiger partial charge in [-0.3, -0.25) is 38.4 Å². The van der Waals surface area contributed by atoms with E-state index in [1.54, 1.807) is 29.4 Å². The van der Waals surface area contributed by atoms with E-state index in [9.17, 15) is 52.7 Å². The van der Waals surface area contributed by atoms with Gasteiger partial charge in [-0.1, -0.05) is 108 Å². The summed E-state index contributed by atoms with van der Waals surface area (Å²) in [6.07, 6.45) is 6.46. The molecule has 106 heavy (non-hydrogen) atoms. The summed E-state index contributed by atoms with van der Waals surface area (Å²) in [5, 5.41) is 23.2. The van der Waals surface area contributed by atoms with E-state index >= 15 is 0 Å². The maximum atomic E-state index is 13.4. The average molecular weight is 1450 g/mol. The number of likely N-dealkylation sites (tertiary alicyclic amines) is 4. The third-order valence-electron chi connectivity index (χ3n) is 19.7. The molecular weight excluding hydrogens is 1350 g/mol. The number of amides is 11. The van der Waals surface area contributed by atoms with Gasteiger partial charge in [0.25, 0.3) is 0 Å². The average Bonchev–Trinajstić information content (AvgIpc) is 1.07. The topological polar surface area (TPSA) is 338 Å². The maximum Gasteiger partial charge on any atom is 0.407 e. The van der Waals surface area contributed by atoms with Crippen molar-refractivity contribution in [2.24, 2.45) is 17.8 Å². The first-order valence-corrected chi connectivity index (χ1v) is 35.9. The van der Waals surface area contributed by atoms with E-state index in [4.69, 9.17) is 0 Å². The number of nitrogens with zero attached hydrogens (tertiary/aromatic N) is 6. The highest BCUT2D eigenvalue weighted by atomic mass is 16.5. The number of benzene rings is 5. The molecule has 0 aliphatic carbocycles. The Balaban J connectivity index is 0.000000227. The second kappa shape index (κ2) is 35.3. The Morgan fingerprint density at radius 3 is 1.05 bits per heavy atom. The fraction of sp³-hybridized carbons (Fsp3) is 0.405. The highest BCUT2D eigenvalue weighted by Gasteiger charge is 2.43. The SMILES string of the molecule is COC(=O)N[C@H](C(=O)N1CCC[C@H]1C(=O)Nc1ccc(-c2ccc3cc(NC(=O)[C@@H]4CCCN4C(=O)Cc4ccccc4)ccc3c2)cn1)C(C)C.COC(=O)N[C@H](C(=O)N1CCC[C@H]1C(=O)Nc1ccc2cc(-c3ccc(NC(=O)[C@@H]4CCCN4C(=O)[C@@H](NC(=O)OC)C(C)C)nc3)ccc2c1)C(C)C. The summed E-state index contributed by atoms with van der Waals surface area (Å²) in [5.74, 6) is -2.06. The van der Waals surface area contributed by atoms with E-state index in [0.717, 1.165) is 55.8 Å². The zero-order valence-electron chi connectivity index (χ0n) is 61.1. The van der Waals surface area contributed by atoms with Gasteiger partial charge in [-0.2, -0.15) is 0 Å². The second-order valence-electron chi connectivity index (χ2n) is 27.9. The lowest BCUT2D eigenvalue weighted by atomic mass is 10.0. The Kier molecular flexibility index (Phi) is 25.7. The zero-order valence-corrected chi connectivity index (χ0v) is 61.1. The highest BCUT2D eigenvalue weighted by molar-refractivity contribution is 6.03. The quantitative estimate of drug-likeness (QED) is 0.0329. The minimum absolute atomic E-state index is 0.0432. The van der Waals surface area contributed by atoms with Crippen molar-refractivity contribution < 1.29 is 67.0 Å². The number of anilines is 4. The van der Waals surface area contributed by atoms with Gasteiger partial charge in [-0.15, -0.1) is 0 Å². The monoisotopic (exact) mass is 1450 g/mol. The fourth-order valence-electron chi connectivity index (χ4n) is 13.9. The van der Waals surface area contributed by atoms with Crippen LogP contribution < -0.4 is 37.2 Å². The Labute approximate surface area is 615 Å². The van der Waals surface area contributed by atoms with Crippen molar-refractivity contribution in [1.29, 1.82) is 0 Å². The number of alkyl carbamates (subject to hydrolysis) is 3. The molecule has 27 heteroatoms. The van der Waals surface area contributed by atoms with Crippen molar-refractivity contribution in [3.8, 4) is 22.3 Å². The second-order valence-corrected chi connectivity index (χ2v) is 27.9. The molecule has 7 atom stereocenters. The molecule has 2 aromatic heterocycles. The predicted molar refractivity (Wildman–Crippen MR) is 400 cm³/mol. The lowest BCUT2D eigenvalue weighted by molar-refractivity contribution is -0.139. The molecule has 7 aromatic rings. The van der Waals surface area contributed by atoms with Crippen LogP contribution in [0, 0.1) is 17.8 Å². The molecule has 4 saturated heterocycles. The molecule has 4 aliphatic heterocycles. The van der Waals surface area contributed by atoms with Crippen LogP contribution in [0.4, 0.5) is 37.4 Å². The van der Waals surface area contributed by atoms with Crippen molar-refractivity contribution in [2.45, 2.75) is 142 Å². The normalized spacial score (nSPS) is 17.7. The number of ether oxygens (including phenoxy) is 3. The van der Waals surface area contributed by atoms with Crippen molar-refractivity contribution in [2.75, 3.05) is 68.8 Å². The number of hydrogen-bond acceptors (Lipinski definition) is 16. The van der Waals surface area contributed by atoms with Gasteiger partial charge in [0.05, 0.1) is 27.8 Å². The molecule has 0 saturated carbocycles. The van der Waals surface area contributed by atoms with Crippen LogP contribution >= 0.6 is 0 Å². The Morgan fingerprint density at radius 1 is 0.387 bits per heavy atom. The van der Waals surface area contributed by atoms with E-state index < -0.39 is 60.6 Å². The van der Waals surface area contributed by atoms with Crippen LogP contribution in [-0.4, -0.2) is 185 Å². The first-order valence-electron chi connectivity index (χ1n) is 35.9. The predicted octanol–water partition coefficient (Wildman–Crippen LogP) is 9.91. The third-order valence-corrected chi connectivity index (χ3v) is 19.7. The fourth-order valence-corrected chi connectivity index (χ4v) is 13.9. The smallest absolute Gasteiger partial charge is 0.407 e. The molecule has 558 valence electrons. The van der Waals surface area contributed by atoms with Gasteiger partial charge in [0.1, 0.15) is 53.9 Å². The van der Waals surface area contributed by atoms with Crippen LogP contribution in [0.2, 0.25) is 0 Å². The van der Waals surface area contributed by atoms with Crippen LogP contribution in [-0.2, 0) is 59.0 Å². The summed E-state index contributed by atoms with van der Waals surface area (Å²) in [6, 6.07) is 34.9. The molecule has 7 N–H and O–H groups in total. The lowest BCUT2D eigenvalue weighted by Crippen LogP contribution is -2.54. The van der Waals surface area contributed by atoms with Gasteiger partial charge in [0.15, 0.2) is 0 Å². The van der Waals surface area contributed by atoms with Gasteiger partial charge in [0, 0.05) is 61.1 Å². The summed E-state index contributed by atoms with van der Waals surface area (Å²) in [7, 11) is 3.71. The first kappa shape index (κ1) is 77.1.